The van der Waals surface area contributed by atoms with Crippen molar-refractivity contribution in [2.75, 3.05) is 24.7 Å². The monoisotopic (exact) mass is 327 g/mol. The van der Waals surface area contributed by atoms with Crippen LogP contribution in [-0.2, 0) is 25.7 Å². The van der Waals surface area contributed by atoms with Gasteiger partial charge in [-0.05, 0) is 18.2 Å². The summed E-state index contributed by atoms with van der Waals surface area (Å²) in [7, 11) is -2.17. The first kappa shape index (κ1) is 17.1. The zero-order chi connectivity index (χ0) is 16.3. The van der Waals surface area contributed by atoms with E-state index in [1.165, 1.54) is 7.11 Å². The highest BCUT2D eigenvalue weighted by molar-refractivity contribution is 7.93. The quantitative estimate of drug-likeness (QED) is 0.831. The average Bonchev–Trinajstić information content (AvgIpc) is 2.36. The Kier molecular flexibility index (Phi) is 5.05. The molecule has 1 rings (SSSR count). The lowest BCUT2D eigenvalue weighted by Crippen LogP contribution is -2.25. The second-order valence-electron chi connectivity index (χ2n) is 3.85. The molecule has 21 heavy (non-hydrogen) atoms. The molecule has 0 radical (unpaired) electrons. The second-order valence-corrected chi connectivity index (χ2v) is 5.57. The van der Waals surface area contributed by atoms with Crippen LogP contribution < -0.4 is 9.46 Å². The Hall–Kier alpha value is -1.97. The highest BCUT2D eigenvalue weighted by Gasteiger charge is 2.35. The van der Waals surface area contributed by atoms with E-state index in [9.17, 15) is 26.4 Å². The molecule has 1 N–H and O–H groups in total. The molecule has 10 heteroatoms. The maximum absolute atomic E-state index is 12.9. The van der Waals surface area contributed by atoms with E-state index in [0.29, 0.717) is 6.07 Å². The van der Waals surface area contributed by atoms with E-state index in [1.807, 2.05) is 0 Å². The number of rotatable bonds is 5. The molecular weight excluding hydrogens is 315 g/mol. The fraction of sp³-hybridized carbons (Fsp3) is 0.364. The van der Waals surface area contributed by atoms with Crippen LogP contribution in [0, 0.1) is 0 Å². The van der Waals surface area contributed by atoms with Crippen molar-refractivity contribution < 1.29 is 35.9 Å². The van der Waals surface area contributed by atoms with Crippen LogP contribution in [0.15, 0.2) is 18.2 Å². The van der Waals surface area contributed by atoms with E-state index >= 15 is 0 Å². The molecule has 0 aliphatic carbocycles. The average molecular weight is 327 g/mol. The summed E-state index contributed by atoms with van der Waals surface area (Å²) in [6.07, 6.45) is -4.79. The van der Waals surface area contributed by atoms with E-state index in [0.717, 1.165) is 19.2 Å². The van der Waals surface area contributed by atoms with E-state index in [4.69, 9.17) is 0 Å². The molecule has 0 saturated heterocycles. The van der Waals surface area contributed by atoms with Crippen molar-refractivity contribution in [1.82, 2.24) is 0 Å². The highest BCUT2D eigenvalue weighted by Crippen LogP contribution is 2.37. The van der Waals surface area contributed by atoms with E-state index in [2.05, 4.69) is 9.47 Å². The standard InChI is InChI=1S/C11H12F3NO5S/c1-19-7-3-4-9(8(5-7)11(12,13)14)15-21(17,18)6-10(16)20-2/h3-5,15H,6H2,1-2H3. The molecule has 0 heterocycles. The van der Waals surface area contributed by atoms with Crippen LogP contribution in [0.1, 0.15) is 5.56 Å². The predicted molar refractivity (Wildman–Crippen MR) is 67.4 cm³/mol. The molecule has 0 saturated carbocycles. The lowest BCUT2D eigenvalue weighted by molar-refractivity contribution is -0.138. The molecule has 0 unspecified atom stereocenters. The number of anilines is 1. The Bertz CT molecular complexity index is 627. The van der Waals surface area contributed by atoms with Crippen LogP contribution in [0.4, 0.5) is 18.9 Å². The van der Waals surface area contributed by atoms with Crippen molar-refractivity contribution >= 4 is 21.7 Å². The maximum atomic E-state index is 12.9. The van der Waals surface area contributed by atoms with Crippen molar-refractivity contribution in [1.29, 1.82) is 0 Å². The third-order valence-electron chi connectivity index (χ3n) is 2.33. The minimum atomic E-state index is -4.79. The van der Waals surface area contributed by atoms with Crippen molar-refractivity contribution in [3.63, 3.8) is 0 Å². The highest BCUT2D eigenvalue weighted by atomic mass is 32.2. The largest absolute Gasteiger partial charge is 0.497 e. The Morgan fingerprint density at radius 2 is 1.90 bits per heavy atom. The molecule has 0 fully saturated rings. The summed E-state index contributed by atoms with van der Waals surface area (Å²) < 4.78 is 72.4. The fourth-order valence-corrected chi connectivity index (χ4v) is 2.40. The number of ether oxygens (including phenoxy) is 2. The van der Waals surface area contributed by atoms with Gasteiger partial charge in [0.25, 0.3) is 0 Å². The number of benzene rings is 1. The predicted octanol–water partition coefficient (Wildman–Crippen LogP) is 1.63. The summed E-state index contributed by atoms with van der Waals surface area (Å²) in [5.41, 5.74) is -1.93. The van der Waals surface area contributed by atoms with Crippen molar-refractivity contribution in [2.24, 2.45) is 0 Å². The number of hydrogen-bond acceptors (Lipinski definition) is 5. The summed E-state index contributed by atoms with van der Waals surface area (Å²) in [4.78, 5) is 10.9. The van der Waals surface area contributed by atoms with Crippen molar-refractivity contribution in [3.05, 3.63) is 23.8 Å². The van der Waals surface area contributed by atoms with Crippen LogP contribution in [0.5, 0.6) is 5.75 Å². The lowest BCUT2D eigenvalue weighted by Gasteiger charge is -2.15. The minimum Gasteiger partial charge on any atom is -0.497 e. The molecule has 0 aliphatic rings. The molecule has 0 aliphatic heterocycles. The second kappa shape index (κ2) is 6.20. The Labute approximate surface area is 118 Å². The number of nitrogens with one attached hydrogen (secondary N) is 1. The van der Waals surface area contributed by atoms with Crippen LogP contribution in [0.25, 0.3) is 0 Å². The third-order valence-corrected chi connectivity index (χ3v) is 3.48. The zero-order valence-electron chi connectivity index (χ0n) is 11.0. The van der Waals surface area contributed by atoms with Gasteiger partial charge in [-0.15, -0.1) is 0 Å². The van der Waals surface area contributed by atoms with E-state index in [-0.39, 0.29) is 5.75 Å². The number of esters is 1. The molecule has 0 amide bonds. The Balaban J connectivity index is 3.16. The van der Waals surface area contributed by atoms with Crippen LogP contribution in [0.2, 0.25) is 0 Å². The number of carbonyl (C=O) groups is 1. The summed E-state index contributed by atoms with van der Waals surface area (Å²) in [6, 6.07) is 2.71. The lowest BCUT2D eigenvalue weighted by atomic mass is 10.1. The number of carbonyl (C=O) groups excluding carboxylic acids is 1. The smallest absolute Gasteiger partial charge is 0.418 e. The molecule has 118 valence electrons. The topological polar surface area (TPSA) is 81.7 Å². The van der Waals surface area contributed by atoms with Gasteiger partial charge in [0, 0.05) is 0 Å². The van der Waals surface area contributed by atoms with Gasteiger partial charge in [0.2, 0.25) is 10.0 Å². The van der Waals surface area contributed by atoms with Gasteiger partial charge in [-0.3, -0.25) is 9.52 Å². The van der Waals surface area contributed by atoms with Crippen LogP contribution in [-0.4, -0.2) is 34.4 Å². The van der Waals surface area contributed by atoms with Gasteiger partial charge in [-0.25, -0.2) is 8.42 Å². The third kappa shape index (κ3) is 4.81. The number of alkyl halides is 3. The first-order valence-corrected chi connectivity index (χ1v) is 7.07. The number of methoxy groups -OCH3 is 2. The van der Waals surface area contributed by atoms with Gasteiger partial charge in [-0.1, -0.05) is 0 Å². The Morgan fingerprint density at radius 1 is 1.29 bits per heavy atom. The maximum Gasteiger partial charge on any atom is 0.418 e. The summed E-state index contributed by atoms with van der Waals surface area (Å²) in [5.74, 6) is -2.27. The van der Waals surface area contributed by atoms with Gasteiger partial charge in [0.15, 0.2) is 5.75 Å². The first-order chi connectivity index (χ1) is 9.59. The molecule has 1 aromatic rings. The number of sulfonamides is 1. The van der Waals surface area contributed by atoms with Crippen molar-refractivity contribution in [2.45, 2.75) is 6.18 Å². The van der Waals surface area contributed by atoms with Gasteiger partial charge in [0.05, 0.1) is 25.5 Å². The van der Waals surface area contributed by atoms with Crippen LogP contribution >= 0.6 is 0 Å². The van der Waals surface area contributed by atoms with E-state index in [1.54, 1.807) is 4.72 Å². The summed E-state index contributed by atoms with van der Waals surface area (Å²) in [5, 5.41) is 0. The molecule has 0 aromatic heterocycles. The van der Waals surface area contributed by atoms with Gasteiger partial charge < -0.3 is 9.47 Å². The molecule has 1 aromatic carbocycles. The number of halogens is 3. The Morgan fingerprint density at radius 3 is 2.38 bits per heavy atom. The molecule has 0 spiro atoms. The molecule has 0 atom stereocenters. The first-order valence-electron chi connectivity index (χ1n) is 5.41. The molecule has 0 bridgehead atoms. The molecule has 6 nitrogen and oxygen atoms in total. The van der Waals surface area contributed by atoms with Crippen molar-refractivity contribution in [3.8, 4) is 5.75 Å². The van der Waals surface area contributed by atoms with Gasteiger partial charge in [0.1, 0.15) is 5.75 Å². The number of hydrogen-bond donors (Lipinski definition) is 1. The summed E-state index contributed by atoms with van der Waals surface area (Å²) in [6.45, 7) is 0. The van der Waals surface area contributed by atoms with Gasteiger partial charge >= 0.3 is 12.1 Å². The molecular formula is C11H12F3NO5S. The fourth-order valence-electron chi connectivity index (χ4n) is 1.39. The normalized spacial score (nSPS) is 11.9. The van der Waals surface area contributed by atoms with E-state index < -0.39 is 39.2 Å². The summed E-state index contributed by atoms with van der Waals surface area (Å²) >= 11 is 0. The minimum absolute atomic E-state index is 0.0850. The van der Waals surface area contributed by atoms with Crippen LogP contribution in [0.3, 0.4) is 0 Å². The SMILES string of the molecule is COC(=O)CS(=O)(=O)Nc1ccc(OC)cc1C(F)(F)F. The van der Waals surface area contributed by atoms with Gasteiger partial charge in [-0.2, -0.15) is 13.2 Å². The zero-order valence-corrected chi connectivity index (χ0v) is 11.8.